The van der Waals surface area contributed by atoms with Gasteiger partial charge in [0.25, 0.3) is 10.0 Å². The van der Waals surface area contributed by atoms with Crippen molar-refractivity contribution in [3.8, 4) is 6.07 Å². The van der Waals surface area contributed by atoms with Crippen molar-refractivity contribution < 1.29 is 61.2 Å². The Morgan fingerprint density at radius 1 is 0.683 bits per heavy atom. The first kappa shape index (κ1) is 54.2. The fraction of sp³-hybridized carbons (Fsp3) is 0.512. The van der Waals surface area contributed by atoms with E-state index >= 15 is 0 Å². The Morgan fingerprint density at radius 2 is 1.12 bits per heavy atom. The standard InChI is InChI=1S/C19H21N3O3S.C12H20O6.C12H20O4/c1-4-19(2,3)18(23)21-15-9-11-17(12-10-15)26(24,25)22-16-7-5-14(13-20)6-8-16;1-4-12(2,3)11(16)18-8-7-17-10(15)6-5-9(13)14;1-6-12(4,5)11(14)16-8-7-15-10(13)9(2)3/h5-12,22H,4H2,1-3H3,(H,21,23);4-8H2,1-3H3,(H,13,14);2,6-8H2,1,3-5H3. The van der Waals surface area contributed by atoms with Crippen LogP contribution in [0.2, 0.25) is 0 Å². The highest BCUT2D eigenvalue weighted by atomic mass is 32.2. The fourth-order valence-corrected chi connectivity index (χ4v) is 4.71. The molecule has 0 unspecified atom stereocenters. The highest BCUT2D eigenvalue weighted by molar-refractivity contribution is 7.92. The monoisotopic (exact) mass is 859 g/mol. The molecule has 0 bridgehead atoms. The lowest BCUT2D eigenvalue weighted by molar-refractivity contribution is -0.159. The summed E-state index contributed by atoms with van der Waals surface area (Å²) in [7, 11) is -3.76. The van der Waals surface area contributed by atoms with Crippen molar-refractivity contribution in [2.45, 2.75) is 106 Å². The second-order valence-electron chi connectivity index (χ2n) is 15.3. The van der Waals surface area contributed by atoms with Crippen LogP contribution in [0.5, 0.6) is 0 Å². The number of carboxylic acid groups (broad SMARTS) is 1. The van der Waals surface area contributed by atoms with Crippen molar-refractivity contribution in [2.75, 3.05) is 36.5 Å². The SMILES string of the molecule is C=C(C)C(=O)OCCOC(=O)C(C)(C)CC.CCC(C)(C)C(=O)Nc1ccc(S(=O)(=O)Nc2ccc(C#N)cc2)cc1.CCC(C)(C)C(=O)OCCOC(=O)CCC(=O)O. The number of sulfonamides is 1. The van der Waals surface area contributed by atoms with Gasteiger partial charge in [-0.05, 0) is 102 Å². The van der Waals surface area contributed by atoms with Crippen molar-refractivity contribution >= 4 is 57.2 Å². The van der Waals surface area contributed by atoms with Gasteiger partial charge in [-0.25, -0.2) is 13.2 Å². The molecule has 0 aliphatic carbocycles. The largest absolute Gasteiger partial charge is 0.481 e. The molecule has 0 aliphatic heterocycles. The Kier molecular flexibility index (Phi) is 23.2. The van der Waals surface area contributed by atoms with E-state index in [9.17, 15) is 37.2 Å². The highest BCUT2D eigenvalue weighted by Gasteiger charge is 2.28. The Labute approximate surface area is 354 Å². The summed E-state index contributed by atoms with van der Waals surface area (Å²) >= 11 is 0. The predicted octanol–water partition coefficient (Wildman–Crippen LogP) is 7.19. The molecule has 0 aliphatic rings. The molecule has 0 heterocycles. The van der Waals surface area contributed by atoms with Gasteiger partial charge in [-0.3, -0.25) is 28.7 Å². The van der Waals surface area contributed by atoms with Crippen LogP contribution < -0.4 is 10.0 Å². The van der Waals surface area contributed by atoms with E-state index in [4.69, 9.17) is 29.3 Å². The van der Waals surface area contributed by atoms with Crippen LogP contribution in [-0.2, 0) is 57.7 Å². The first-order valence-corrected chi connectivity index (χ1v) is 20.8. The van der Waals surface area contributed by atoms with Crippen molar-refractivity contribution in [1.82, 2.24) is 0 Å². The maximum Gasteiger partial charge on any atom is 0.333 e. The molecular formula is C43H61N3O13S. The molecule has 2 aromatic carbocycles. The van der Waals surface area contributed by atoms with Gasteiger partial charge in [-0.2, -0.15) is 5.26 Å². The summed E-state index contributed by atoms with van der Waals surface area (Å²) in [5.74, 6) is -2.86. The third kappa shape index (κ3) is 20.8. The molecule has 1 amide bonds. The topological polar surface area (TPSA) is 242 Å². The average Bonchev–Trinajstić information content (AvgIpc) is 3.20. The van der Waals surface area contributed by atoms with Gasteiger partial charge in [0, 0.05) is 22.4 Å². The summed E-state index contributed by atoms with van der Waals surface area (Å²) in [6.07, 6.45) is 1.62. The van der Waals surface area contributed by atoms with Crippen molar-refractivity contribution in [3.63, 3.8) is 0 Å². The van der Waals surface area contributed by atoms with E-state index in [1.807, 2.05) is 54.5 Å². The molecule has 332 valence electrons. The smallest absolute Gasteiger partial charge is 0.333 e. The zero-order valence-corrected chi connectivity index (χ0v) is 37.2. The van der Waals surface area contributed by atoms with Gasteiger partial charge >= 0.3 is 29.8 Å². The maximum atomic E-state index is 12.4. The Balaban J connectivity index is 0.000000908. The van der Waals surface area contributed by atoms with Crippen LogP contribution >= 0.6 is 0 Å². The van der Waals surface area contributed by atoms with E-state index in [2.05, 4.69) is 16.6 Å². The molecule has 0 saturated carbocycles. The molecule has 0 atom stereocenters. The number of carbonyl (C=O) groups is 6. The second-order valence-corrected chi connectivity index (χ2v) is 17.0. The molecule has 0 fully saturated rings. The molecule has 2 rings (SSSR count). The van der Waals surface area contributed by atoms with Crippen LogP contribution in [0, 0.1) is 27.6 Å². The number of aliphatic carboxylic acids is 1. The van der Waals surface area contributed by atoms with E-state index in [1.165, 1.54) is 36.4 Å². The van der Waals surface area contributed by atoms with Gasteiger partial charge in [0.2, 0.25) is 5.91 Å². The van der Waals surface area contributed by atoms with Gasteiger partial charge in [0.05, 0.1) is 40.2 Å². The normalized spacial score (nSPS) is 11.1. The van der Waals surface area contributed by atoms with E-state index < -0.39 is 44.2 Å². The number of amides is 1. The van der Waals surface area contributed by atoms with Gasteiger partial charge < -0.3 is 29.4 Å². The molecule has 3 N–H and O–H groups in total. The van der Waals surface area contributed by atoms with E-state index in [0.717, 1.165) is 0 Å². The van der Waals surface area contributed by atoms with E-state index in [-0.39, 0.29) is 62.0 Å². The minimum absolute atomic E-state index is 0.0128. The number of ether oxygens (including phenoxy) is 4. The molecule has 17 heteroatoms. The Morgan fingerprint density at radius 3 is 1.53 bits per heavy atom. The number of nitrogens with one attached hydrogen (secondary N) is 2. The minimum Gasteiger partial charge on any atom is -0.481 e. The summed E-state index contributed by atoms with van der Waals surface area (Å²) in [6, 6.07) is 14.1. The number of nitrogens with zero attached hydrogens (tertiary/aromatic N) is 1. The number of carboxylic acids is 1. The lowest BCUT2D eigenvalue weighted by atomic mass is 9.89. The number of carbonyl (C=O) groups excluding carboxylic acids is 5. The van der Waals surface area contributed by atoms with E-state index in [1.54, 1.807) is 32.9 Å². The van der Waals surface area contributed by atoms with Crippen molar-refractivity contribution in [2.24, 2.45) is 16.2 Å². The number of hydrogen-bond acceptors (Lipinski definition) is 13. The van der Waals surface area contributed by atoms with E-state index in [0.29, 0.717) is 41.8 Å². The molecule has 0 radical (unpaired) electrons. The first-order chi connectivity index (χ1) is 27.8. The van der Waals surface area contributed by atoms with Crippen LogP contribution in [0.15, 0.2) is 65.6 Å². The van der Waals surface area contributed by atoms with Gasteiger partial charge in [0.1, 0.15) is 26.4 Å². The molecule has 16 nitrogen and oxygen atoms in total. The third-order valence-electron chi connectivity index (χ3n) is 9.08. The second kappa shape index (κ2) is 25.7. The molecule has 0 aromatic heterocycles. The highest BCUT2D eigenvalue weighted by Crippen LogP contribution is 2.24. The van der Waals surface area contributed by atoms with Crippen LogP contribution in [0.1, 0.15) is 107 Å². The number of rotatable bonds is 20. The van der Waals surface area contributed by atoms with Crippen LogP contribution in [-0.4, -0.2) is 75.7 Å². The first-order valence-electron chi connectivity index (χ1n) is 19.3. The maximum absolute atomic E-state index is 12.4. The lowest BCUT2D eigenvalue weighted by Crippen LogP contribution is -2.29. The Bertz CT molecular complexity index is 1910. The van der Waals surface area contributed by atoms with Gasteiger partial charge in [-0.15, -0.1) is 0 Å². The minimum atomic E-state index is -3.76. The van der Waals surface area contributed by atoms with Crippen molar-refractivity contribution in [1.29, 1.82) is 5.26 Å². The number of esters is 4. The zero-order valence-electron chi connectivity index (χ0n) is 36.4. The quantitative estimate of drug-likeness (QED) is 0.0517. The number of nitriles is 1. The van der Waals surface area contributed by atoms with Crippen LogP contribution in [0.4, 0.5) is 11.4 Å². The fourth-order valence-electron chi connectivity index (χ4n) is 3.65. The van der Waals surface area contributed by atoms with Crippen LogP contribution in [0.3, 0.4) is 0 Å². The number of benzene rings is 2. The summed E-state index contributed by atoms with van der Waals surface area (Å²) in [6.45, 7) is 21.7. The molecular weight excluding hydrogens is 799 g/mol. The molecule has 60 heavy (non-hydrogen) atoms. The zero-order chi connectivity index (χ0) is 46.3. The Hall–Kier alpha value is -5.76. The van der Waals surface area contributed by atoms with Gasteiger partial charge in [0.15, 0.2) is 0 Å². The van der Waals surface area contributed by atoms with Crippen LogP contribution in [0.25, 0.3) is 0 Å². The number of anilines is 2. The predicted molar refractivity (Wildman–Crippen MR) is 225 cm³/mol. The summed E-state index contributed by atoms with van der Waals surface area (Å²) in [5, 5.41) is 19.9. The van der Waals surface area contributed by atoms with Crippen molar-refractivity contribution in [3.05, 3.63) is 66.2 Å². The van der Waals surface area contributed by atoms with Gasteiger partial charge in [-0.1, -0.05) is 41.2 Å². The number of hydrogen-bond donors (Lipinski definition) is 3. The molecule has 0 spiro atoms. The average molecular weight is 860 g/mol. The summed E-state index contributed by atoms with van der Waals surface area (Å²) in [4.78, 5) is 67.5. The summed E-state index contributed by atoms with van der Waals surface area (Å²) < 4.78 is 46.7. The third-order valence-corrected chi connectivity index (χ3v) is 10.5. The lowest BCUT2D eigenvalue weighted by Gasteiger charge is -2.21. The molecule has 2 aromatic rings. The molecule has 0 saturated heterocycles. The summed E-state index contributed by atoms with van der Waals surface area (Å²) in [5.41, 5.74) is 0.149.